The molecule has 110 valence electrons. The van der Waals surface area contributed by atoms with Gasteiger partial charge in [0.15, 0.2) is 0 Å². The number of aromatic nitrogens is 1. The Bertz CT molecular complexity index is 463. The highest BCUT2D eigenvalue weighted by Gasteiger charge is 2.23. The van der Waals surface area contributed by atoms with E-state index in [4.69, 9.17) is 0 Å². The van der Waals surface area contributed by atoms with Gasteiger partial charge in [0.2, 0.25) is 5.91 Å². The smallest absolute Gasteiger partial charge is 0.241 e. The molecule has 0 bridgehead atoms. The molecule has 1 amide bonds. The number of likely N-dealkylation sites (N-methyl/N-ethyl adjacent to an activating group) is 1. The molecule has 0 radical (unpaired) electrons. The van der Waals surface area contributed by atoms with Gasteiger partial charge in [-0.05, 0) is 26.0 Å². The number of amides is 1. The molecule has 1 aliphatic rings. The average Bonchev–Trinajstić information content (AvgIpc) is 2.61. The first-order chi connectivity index (χ1) is 9.63. The zero-order valence-corrected chi connectivity index (χ0v) is 12.6. The summed E-state index contributed by atoms with van der Waals surface area (Å²) in [5, 5.41) is 3.41. The molecule has 2 heterocycles. The van der Waals surface area contributed by atoms with Crippen LogP contribution in [0, 0.1) is 0 Å². The standard InChI is InChI=1S/C15H24N4O/c1-4-16-12(2)13-7-5-8-17-15(13)19-10-6-9-18(3)14(20)11-19/h5,7-8,12,16H,4,6,9-11H2,1-3H3. The van der Waals surface area contributed by atoms with E-state index in [1.54, 1.807) is 11.1 Å². The van der Waals surface area contributed by atoms with Gasteiger partial charge in [-0.3, -0.25) is 4.79 Å². The van der Waals surface area contributed by atoms with Crippen molar-refractivity contribution in [2.75, 3.05) is 38.1 Å². The van der Waals surface area contributed by atoms with Crippen LogP contribution in [0.15, 0.2) is 18.3 Å². The van der Waals surface area contributed by atoms with Crippen molar-refractivity contribution in [2.45, 2.75) is 26.3 Å². The van der Waals surface area contributed by atoms with Crippen molar-refractivity contribution in [1.29, 1.82) is 0 Å². The summed E-state index contributed by atoms with van der Waals surface area (Å²) in [6, 6.07) is 4.28. The van der Waals surface area contributed by atoms with Crippen molar-refractivity contribution < 1.29 is 4.79 Å². The Labute approximate surface area is 121 Å². The van der Waals surface area contributed by atoms with Gasteiger partial charge in [-0.25, -0.2) is 4.98 Å². The van der Waals surface area contributed by atoms with Gasteiger partial charge in [-0.1, -0.05) is 13.0 Å². The van der Waals surface area contributed by atoms with Crippen LogP contribution in [-0.4, -0.2) is 49.0 Å². The SMILES string of the molecule is CCNC(C)c1cccnc1N1CCCN(C)C(=O)C1. The van der Waals surface area contributed by atoms with Crippen LogP contribution in [0.4, 0.5) is 5.82 Å². The number of anilines is 1. The molecule has 0 saturated carbocycles. The highest BCUT2D eigenvalue weighted by Crippen LogP contribution is 2.24. The summed E-state index contributed by atoms with van der Waals surface area (Å²) < 4.78 is 0. The molecule has 0 aromatic carbocycles. The molecule has 5 heteroatoms. The first-order valence-corrected chi connectivity index (χ1v) is 7.30. The molecule has 0 aliphatic carbocycles. The van der Waals surface area contributed by atoms with Crippen LogP contribution in [0.1, 0.15) is 31.9 Å². The van der Waals surface area contributed by atoms with Crippen molar-refractivity contribution in [3.05, 3.63) is 23.9 Å². The van der Waals surface area contributed by atoms with E-state index < -0.39 is 0 Å². The molecular weight excluding hydrogens is 252 g/mol. The summed E-state index contributed by atoms with van der Waals surface area (Å²) >= 11 is 0. The van der Waals surface area contributed by atoms with Crippen LogP contribution in [-0.2, 0) is 4.79 Å². The molecule has 1 saturated heterocycles. The van der Waals surface area contributed by atoms with Gasteiger partial charge in [0.25, 0.3) is 0 Å². The number of nitrogens with one attached hydrogen (secondary N) is 1. The number of carbonyl (C=O) groups excluding carboxylic acids is 1. The molecular formula is C15H24N4O. The van der Waals surface area contributed by atoms with E-state index in [0.717, 1.165) is 37.4 Å². The third-order valence-electron chi connectivity index (χ3n) is 3.77. The van der Waals surface area contributed by atoms with Crippen molar-refractivity contribution in [3.8, 4) is 0 Å². The van der Waals surface area contributed by atoms with Gasteiger partial charge >= 0.3 is 0 Å². The predicted octanol–water partition coefficient (Wildman–Crippen LogP) is 1.42. The molecule has 1 fully saturated rings. The van der Waals surface area contributed by atoms with E-state index in [1.165, 1.54) is 0 Å². The first kappa shape index (κ1) is 14.8. The van der Waals surface area contributed by atoms with Gasteiger partial charge in [0, 0.05) is 37.9 Å². The first-order valence-electron chi connectivity index (χ1n) is 7.30. The number of pyridine rings is 1. The van der Waals surface area contributed by atoms with E-state index in [0.29, 0.717) is 6.54 Å². The second kappa shape index (κ2) is 6.70. The quantitative estimate of drug-likeness (QED) is 0.903. The minimum absolute atomic E-state index is 0.162. The van der Waals surface area contributed by atoms with E-state index in [2.05, 4.69) is 35.1 Å². The van der Waals surface area contributed by atoms with Crippen molar-refractivity contribution in [3.63, 3.8) is 0 Å². The topological polar surface area (TPSA) is 48.5 Å². The Morgan fingerprint density at radius 1 is 1.45 bits per heavy atom. The summed E-state index contributed by atoms with van der Waals surface area (Å²) in [6.07, 6.45) is 2.78. The number of carbonyl (C=O) groups is 1. The van der Waals surface area contributed by atoms with E-state index in [-0.39, 0.29) is 11.9 Å². The van der Waals surface area contributed by atoms with Gasteiger partial charge < -0.3 is 15.1 Å². The van der Waals surface area contributed by atoms with E-state index in [1.807, 2.05) is 13.1 Å². The van der Waals surface area contributed by atoms with Crippen molar-refractivity contribution >= 4 is 11.7 Å². The highest BCUT2D eigenvalue weighted by molar-refractivity contribution is 5.81. The Morgan fingerprint density at radius 3 is 3.00 bits per heavy atom. The third-order valence-corrected chi connectivity index (χ3v) is 3.77. The normalized spacial score (nSPS) is 18.1. The zero-order valence-electron chi connectivity index (χ0n) is 12.6. The van der Waals surface area contributed by atoms with E-state index >= 15 is 0 Å². The second-order valence-corrected chi connectivity index (χ2v) is 5.29. The molecule has 0 spiro atoms. The van der Waals surface area contributed by atoms with Crippen LogP contribution in [0.25, 0.3) is 0 Å². The fraction of sp³-hybridized carbons (Fsp3) is 0.600. The minimum atomic E-state index is 0.162. The minimum Gasteiger partial charge on any atom is -0.347 e. The largest absolute Gasteiger partial charge is 0.347 e. The van der Waals surface area contributed by atoms with Crippen LogP contribution in [0.3, 0.4) is 0 Å². The lowest BCUT2D eigenvalue weighted by Crippen LogP contribution is -2.35. The number of hydrogen-bond donors (Lipinski definition) is 1. The fourth-order valence-electron chi connectivity index (χ4n) is 2.60. The van der Waals surface area contributed by atoms with Gasteiger partial charge in [0.05, 0.1) is 6.54 Å². The number of hydrogen-bond acceptors (Lipinski definition) is 4. The fourth-order valence-corrected chi connectivity index (χ4v) is 2.60. The van der Waals surface area contributed by atoms with Crippen LogP contribution < -0.4 is 10.2 Å². The van der Waals surface area contributed by atoms with Gasteiger partial charge in [-0.2, -0.15) is 0 Å². The Kier molecular flexibility index (Phi) is 4.95. The summed E-state index contributed by atoms with van der Waals surface area (Å²) in [4.78, 5) is 20.5. The van der Waals surface area contributed by atoms with Crippen LogP contribution >= 0.6 is 0 Å². The maximum Gasteiger partial charge on any atom is 0.241 e. The summed E-state index contributed by atoms with van der Waals surface area (Å²) in [5.41, 5.74) is 1.16. The zero-order chi connectivity index (χ0) is 14.5. The Balaban J connectivity index is 2.25. The molecule has 1 aromatic heterocycles. The molecule has 2 rings (SSSR count). The molecule has 1 atom stereocenters. The second-order valence-electron chi connectivity index (χ2n) is 5.29. The molecule has 1 aliphatic heterocycles. The average molecular weight is 276 g/mol. The number of rotatable bonds is 4. The monoisotopic (exact) mass is 276 g/mol. The van der Waals surface area contributed by atoms with Crippen molar-refractivity contribution in [2.24, 2.45) is 0 Å². The lowest BCUT2D eigenvalue weighted by Gasteiger charge is -2.25. The molecule has 1 unspecified atom stereocenters. The van der Waals surface area contributed by atoms with Crippen molar-refractivity contribution in [1.82, 2.24) is 15.2 Å². The van der Waals surface area contributed by atoms with Gasteiger partial charge in [0.1, 0.15) is 5.82 Å². The lowest BCUT2D eigenvalue weighted by molar-refractivity contribution is -0.127. The third kappa shape index (κ3) is 3.28. The molecule has 5 nitrogen and oxygen atoms in total. The maximum absolute atomic E-state index is 12.0. The summed E-state index contributed by atoms with van der Waals surface area (Å²) in [7, 11) is 1.87. The predicted molar refractivity (Wildman–Crippen MR) is 80.8 cm³/mol. The highest BCUT2D eigenvalue weighted by atomic mass is 16.2. The molecule has 1 aromatic rings. The molecule has 20 heavy (non-hydrogen) atoms. The Hall–Kier alpha value is -1.62. The number of nitrogens with zero attached hydrogens (tertiary/aromatic N) is 3. The van der Waals surface area contributed by atoms with Crippen LogP contribution in [0.2, 0.25) is 0 Å². The summed E-state index contributed by atoms with van der Waals surface area (Å²) in [5.74, 6) is 1.10. The van der Waals surface area contributed by atoms with Gasteiger partial charge in [-0.15, -0.1) is 0 Å². The van der Waals surface area contributed by atoms with Crippen LogP contribution in [0.5, 0.6) is 0 Å². The maximum atomic E-state index is 12.0. The summed E-state index contributed by atoms with van der Waals surface area (Å²) in [6.45, 7) is 7.25. The van der Waals surface area contributed by atoms with E-state index in [9.17, 15) is 4.79 Å². The molecule has 1 N–H and O–H groups in total. The Morgan fingerprint density at radius 2 is 2.25 bits per heavy atom. The lowest BCUT2D eigenvalue weighted by atomic mass is 10.1.